The second kappa shape index (κ2) is 6.91. The molecule has 1 atom stereocenters. The van der Waals surface area contributed by atoms with Crippen LogP contribution in [0, 0.1) is 24.0 Å². The molecule has 0 aromatic heterocycles. The number of nitro groups is 1. The van der Waals surface area contributed by atoms with Crippen LogP contribution in [0.5, 0.6) is 5.75 Å². The van der Waals surface area contributed by atoms with Crippen molar-refractivity contribution in [2.45, 2.75) is 26.9 Å². The Labute approximate surface area is 134 Å². The highest BCUT2D eigenvalue weighted by Gasteiger charge is 2.21. The van der Waals surface area contributed by atoms with E-state index in [1.807, 2.05) is 32.0 Å². The fourth-order valence-corrected chi connectivity index (χ4v) is 2.19. The second-order valence-corrected chi connectivity index (χ2v) is 5.24. The Hall–Kier alpha value is -2.89. The van der Waals surface area contributed by atoms with Gasteiger partial charge in [0, 0.05) is 11.8 Å². The molecule has 0 aliphatic rings. The summed E-state index contributed by atoms with van der Waals surface area (Å²) in [6, 6.07) is 11.7. The first-order chi connectivity index (χ1) is 10.9. The quantitative estimate of drug-likeness (QED) is 0.675. The van der Waals surface area contributed by atoms with Crippen LogP contribution in [0.3, 0.4) is 0 Å². The summed E-state index contributed by atoms with van der Waals surface area (Å²) in [4.78, 5) is 22.7. The molecule has 0 heterocycles. The maximum atomic E-state index is 12.3. The zero-order valence-electron chi connectivity index (χ0n) is 13.2. The fraction of sp³-hybridized carbons (Fsp3) is 0.235. The van der Waals surface area contributed by atoms with E-state index in [0.29, 0.717) is 0 Å². The summed E-state index contributed by atoms with van der Waals surface area (Å²) < 4.78 is 5.47. The monoisotopic (exact) mass is 314 g/mol. The third-order valence-electron chi connectivity index (χ3n) is 3.46. The predicted molar refractivity (Wildman–Crippen MR) is 87.7 cm³/mol. The van der Waals surface area contributed by atoms with Gasteiger partial charge in [0.2, 0.25) is 0 Å². The molecule has 0 aliphatic heterocycles. The molecule has 2 aromatic rings. The Morgan fingerprint density at radius 3 is 2.35 bits per heavy atom. The molecule has 120 valence electrons. The highest BCUT2D eigenvalue weighted by atomic mass is 16.6. The van der Waals surface area contributed by atoms with E-state index in [-0.39, 0.29) is 17.3 Å². The zero-order chi connectivity index (χ0) is 17.0. The number of nitro benzene ring substituents is 1. The third-order valence-corrected chi connectivity index (χ3v) is 3.46. The number of nitrogens with one attached hydrogen (secondary N) is 1. The predicted octanol–water partition coefficient (Wildman–Crippen LogP) is 3.62. The Balaban J connectivity index is 2.14. The molecular weight excluding hydrogens is 296 g/mol. The minimum atomic E-state index is -0.866. The Morgan fingerprint density at radius 2 is 1.74 bits per heavy atom. The number of anilines is 1. The number of carbonyl (C=O) groups excluding carboxylic acids is 1. The summed E-state index contributed by atoms with van der Waals surface area (Å²) in [5, 5.41) is 13.8. The van der Waals surface area contributed by atoms with Crippen LogP contribution in [-0.2, 0) is 4.79 Å². The highest BCUT2D eigenvalue weighted by molar-refractivity contribution is 5.95. The first-order valence-corrected chi connectivity index (χ1v) is 7.17. The van der Waals surface area contributed by atoms with Crippen molar-refractivity contribution < 1.29 is 14.5 Å². The third kappa shape index (κ3) is 3.85. The van der Waals surface area contributed by atoms with Gasteiger partial charge in [-0.1, -0.05) is 30.3 Å². The van der Waals surface area contributed by atoms with Crippen molar-refractivity contribution in [3.8, 4) is 5.75 Å². The van der Waals surface area contributed by atoms with Gasteiger partial charge in [-0.2, -0.15) is 0 Å². The van der Waals surface area contributed by atoms with Gasteiger partial charge in [-0.15, -0.1) is 0 Å². The molecule has 1 N–H and O–H groups in total. The Bertz CT molecular complexity index is 723. The van der Waals surface area contributed by atoms with Gasteiger partial charge in [0.25, 0.3) is 5.91 Å². The van der Waals surface area contributed by atoms with Crippen molar-refractivity contribution in [3.63, 3.8) is 0 Å². The summed E-state index contributed by atoms with van der Waals surface area (Å²) in [6.07, 6.45) is -0.866. The number of carbonyl (C=O) groups is 1. The van der Waals surface area contributed by atoms with E-state index in [2.05, 4.69) is 5.32 Å². The van der Waals surface area contributed by atoms with Crippen LogP contribution in [0.1, 0.15) is 18.1 Å². The molecule has 23 heavy (non-hydrogen) atoms. The van der Waals surface area contributed by atoms with E-state index >= 15 is 0 Å². The topological polar surface area (TPSA) is 81.5 Å². The lowest BCUT2D eigenvalue weighted by Crippen LogP contribution is -2.30. The van der Waals surface area contributed by atoms with Gasteiger partial charge in [-0.3, -0.25) is 14.9 Å². The molecule has 0 radical (unpaired) electrons. The fourth-order valence-electron chi connectivity index (χ4n) is 2.19. The van der Waals surface area contributed by atoms with E-state index in [0.717, 1.165) is 16.8 Å². The number of aryl methyl sites for hydroxylation is 2. The number of hydrogen-bond acceptors (Lipinski definition) is 4. The van der Waals surface area contributed by atoms with Crippen LogP contribution in [-0.4, -0.2) is 16.9 Å². The van der Waals surface area contributed by atoms with E-state index in [4.69, 9.17) is 4.74 Å². The van der Waals surface area contributed by atoms with Crippen LogP contribution < -0.4 is 10.1 Å². The standard InChI is InChI=1S/C17H18N2O4/c1-11-7-6-8-12(2)16(11)18-17(20)13(3)23-15-10-5-4-9-14(15)19(21)22/h4-10,13H,1-3H3,(H,18,20)/t13-/m0/s1. The maximum Gasteiger partial charge on any atom is 0.310 e. The Morgan fingerprint density at radius 1 is 1.13 bits per heavy atom. The second-order valence-electron chi connectivity index (χ2n) is 5.24. The largest absolute Gasteiger partial charge is 0.474 e. The average Bonchev–Trinajstić information content (AvgIpc) is 2.51. The number of benzene rings is 2. The van der Waals surface area contributed by atoms with Gasteiger partial charge in [0.1, 0.15) is 0 Å². The molecule has 1 amide bonds. The smallest absolute Gasteiger partial charge is 0.310 e. The molecule has 6 nitrogen and oxygen atoms in total. The van der Waals surface area contributed by atoms with Gasteiger partial charge >= 0.3 is 5.69 Å². The summed E-state index contributed by atoms with van der Waals surface area (Å²) in [5.74, 6) is -0.290. The van der Waals surface area contributed by atoms with Gasteiger partial charge in [-0.25, -0.2) is 0 Å². The Kier molecular flexibility index (Phi) is 4.95. The molecular formula is C17H18N2O4. The summed E-state index contributed by atoms with van der Waals surface area (Å²) in [7, 11) is 0. The van der Waals surface area contributed by atoms with Crippen LogP contribution in [0.2, 0.25) is 0 Å². The minimum absolute atomic E-state index is 0.0710. The van der Waals surface area contributed by atoms with Crippen molar-refractivity contribution in [1.82, 2.24) is 0 Å². The van der Waals surface area contributed by atoms with Crippen molar-refractivity contribution in [3.05, 3.63) is 63.7 Å². The van der Waals surface area contributed by atoms with Crippen molar-refractivity contribution in [1.29, 1.82) is 0 Å². The molecule has 2 rings (SSSR count). The molecule has 0 saturated heterocycles. The van der Waals surface area contributed by atoms with E-state index in [9.17, 15) is 14.9 Å². The minimum Gasteiger partial charge on any atom is -0.474 e. The van der Waals surface area contributed by atoms with Crippen LogP contribution >= 0.6 is 0 Å². The molecule has 0 saturated carbocycles. The van der Waals surface area contributed by atoms with Gasteiger partial charge in [0.05, 0.1) is 4.92 Å². The molecule has 0 aliphatic carbocycles. The van der Waals surface area contributed by atoms with Crippen LogP contribution in [0.4, 0.5) is 11.4 Å². The van der Waals surface area contributed by atoms with Gasteiger partial charge in [0.15, 0.2) is 11.9 Å². The zero-order valence-corrected chi connectivity index (χ0v) is 13.2. The molecule has 6 heteroatoms. The number of rotatable bonds is 5. The summed E-state index contributed by atoms with van der Waals surface area (Å²) in [6.45, 7) is 5.35. The lowest BCUT2D eigenvalue weighted by atomic mass is 10.1. The van der Waals surface area contributed by atoms with E-state index in [1.54, 1.807) is 19.1 Å². The number of ether oxygens (including phenoxy) is 1. The normalized spacial score (nSPS) is 11.6. The molecule has 0 bridgehead atoms. The molecule has 0 spiro atoms. The average molecular weight is 314 g/mol. The first-order valence-electron chi connectivity index (χ1n) is 7.17. The molecule has 0 fully saturated rings. The summed E-state index contributed by atoms with van der Waals surface area (Å²) in [5.41, 5.74) is 2.45. The molecule has 2 aromatic carbocycles. The van der Waals surface area contributed by atoms with Crippen molar-refractivity contribution in [2.75, 3.05) is 5.32 Å². The van der Waals surface area contributed by atoms with E-state index in [1.165, 1.54) is 12.1 Å². The number of para-hydroxylation sites is 3. The summed E-state index contributed by atoms with van der Waals surface area (Å²) >= 11 is 0. The van der Waals surface area contributed by atoms with Gasteiger partial charge in [-0.05, 0) is 38.0 Å². The lowest BCUT2D eigenvalue weighted by molar-refractivity contribution is -0.386. The molecule has 0 unspecified atom stereocenters. The van der Waals surface area contributed by atoms with Crippen LogP contribution in [0.15, 0.2) is 42.5 Å². The highest BCUT2D eigenvalue weighted by Crippen LogP contribution is 2.27. The van der Waals surface area contributed by atoms with Crippen molar-refractivity contribution in [2.24, 2.45) is 0 Å². The SMILES string of the molecule is Cc1cccc(C)c1NC(=O)[C@H](C)Oc1ccccc1[N+](=O)[O-]. The van der Waals surface area contributed by atoms with Crippen LogP contribution in [0.25, 0.3) is 0 Å². The van der Waals surface area contributed by atoms with Crippen molar-refractivity contribution >= 4 is 17.3 Å². The van der Waals surface area contributed by atoms with Gasteiger partial charge < -0.3 is 10.1 Å². The number of amides is 1. The lowest BCUT2D eigenvalue weighted by Gasteiger charge is -2.17. The maximum absolute atomic E-state index is 12.3. The number of hydrogen-bond donors (Lipinski definition) is 1. The number of nitrogens with zero attached hydrogens (tertiary/aromatic N) is 1. The van der Waals surface area contributed by atoms with E-state index < -0.39 is 11.0 Å². The first kappa shape index (κ1) is 16.5.